The molecule has 26 heavy (non-hydrogen) atoms. The van der Waals surface area contributed by atoms with Gasteiger partial charge >= 0.3 is 5.97 Å². The van der Waals surface area contributed by atoms with Gasteiger partial charge in [-0.05, 0) is 0 Å². The van der Waals surface area contributed by atoms with Gasteiger partial charge < -0.3 is 14.2 Å². The van der Waals surface area contributed by atoms with Gasteiger partial charge in [-0.1, -0.05) is 76.6 Å². The van der Waals surface area contributed by atoms with E-state index in [-0.39, 0.29) is 6.54 Å². The highest BCUT2D eigenvalue weighted by atomic mass is 79.9. The second-order valence-corrected chi connectivity index (χ2v) is 6.42. The number of benzene rings is 2. The predicted molar refractivity (Wildman–Crippen MR) is 105 cm³/mol. The third kappa shape index (κ3) is 4.58. The molecule has 2 rings (SSSR count). The van der Waals surface area contributed by atoms with E-state index in [9.17, 15) is 4.79 Å². The minimum absolute atomic E-state index is 0.101. The van der Waals surface area contributed by atoms with Crippen LogP contribution in [0.4, 0.5) is 0 Å². The third-order valence-corrected chi connectivity index (χ3v) is 5.11. The lowest BCUT2D eigenvalue weighted by atomic mass is 10.0. The smallest absolute Gasteiger partial charge is 0.325 e. The summed E-state index contributed by atoms with van der Waals surface area (Å²) in [5.74, 6) is -1.79. The van der Waals surface area contributed by atoms with Gasteiger partial charge in [0, 0.05) is 25.3 Å². The van der Waals surface area contributed by atoms with Crippen LogP contribution in [0.5, 0.6) is 0 Å². The Balaban J connectivity index is 2.44. The van der Waals surface area contributed by atoms with Crippen LogP contribution in [0.25, 0.3) is 0 Å². The lowest BCUT2D eigenvalue weighted by Crippen LogP contribution is -2.50. The molecule has 0 N–H and O–H groups in total. The summed E-state index contributed by atoms with van der Waals surface area (Å²) in [6.45, 7) is 0.101. The first-order chi connectivity index (χ1) is 12.6. The number of alkyl halides is 1. The maximum Gasteiger partial charge on any atom is 0.325 e. The van der Waals surface area contributed by atoms with Crippen LogP contribution in [-0.4, -0.2) is 50.2 Å². The van der Waals surface area contributed by atoms with Gasteiger partial charge in [-0.2, -0.15) is 0 Å². The number of ether oxygens (including phenoxy) is 3. The minimum Gasteiger partial charge on any atom is -0.468 e. The molecule has 1 unspecified atom stereocenters. The molecule has 2 aromatic rings. The van der Waals surface area contributed by atoms with E-state index in [0.29, 0.717) is 0 Å². The molecule has 0 saturated heterocycles. The zero-order valence-corrected chi connectivity index (χ0v) is 16.6. The summed E-state index contributed by atoms with van der Waals surface area (Å²) in [4.78, 5) is 15.9. The molecule has 2 aromatic carbocycles. The Morgan fingerprint density at radius 3 is 1.81 bits per heavy atom. The monoisotopic (exact) mass is 419 g/mol. The Morgan fingerprint density at radius 1 is 0.962 bits per heavy atom. The number of methoxy groups -OCH3 is 3. The van der Waals surface area contributed by atoms with Crippen LogP contribution in [0, 0.1) is 0 Å². The predicted octanol–water partition coefficient (Wildman–Crippen LogP) is 3.45. The Bertz CT molecular complexity index is 688. The number of hydrogen-bond acceptors (Lipinski definition) is 5. The number of carbonyl (C=O) groups excluding carboxylic acids is 1. The third-order valence-electron chi connectivity index (χ3n) is 4.04. The van der Waals surface area contributed by atoms with Crippen molar-refractivity contribution in [3.63, 3.8) is 0 Å². The van der Waals surface area contributed by atoms with Gasteiger partial charge in [0.2, 0.25) is 5.79 Å². The van der Waals surface area contributed by atoms with Gasteiger partial charge in [-0.15, -0.1) is 0 Å². The van der Waals surface area contributed by atoms with Gasteiger partial charge in [-0.3, -0.25) is 9.79 Å². The van der Waals surface area contributed by atoms with Crippen molar-refractivity contribution in [2.24, 2.45) is 4.99 Å². The van der Waals surface area contributed by atoms with Crippen LogP contribution in [-0.2, 0) is 19.0 Å². The number of halogens is 1. The molecule has 0 amide bonds. The second-order valence-electron chi connectivity index (χ2n) is 5.50. The molecule has 0 fully saturated rings. The van der Waals surface area contributed by atoms with Gasteiger partial charge in [0.25, 0.3) is 0 Å². The fourth-order valence-corrected chi connectivity index (χ4v) is 3.22. The van der Waals surface area contributed by atoms with E-state index in [0.717, 1.165) is 16.8 Å². The summed E-state index contributed by atoms with van der Waals surface area (Å²) in [6, 6.07) is 19.7. The number of nitrogens with zero attached hydrogens (tertiary/aromatic N) is 1. The molecule has 0 aliphatic carbocycles. The number of hydrogen-bond donors (Lipinski definition) is 0. The molecular formula is C20H22BrNO4. The Labute approximate surface area is 162 Å². The standard InChI is InChI=1S/C20H22BrNO4/c1-24-19(23)18(21)20(25-2,26-3)14-22-17(15-10-6-4-7-11-15)16-12-8-5-9-13-16/h4-13,18H,14H2,1-3H3. The van der Waals surface area contributed by atoms with E-state index < -0.39 is 16.6 Å². The molecule has 0 radical (unpaired) electrons. The summed E-state index contributed by atoms with van der Waals surface area (Å²) >= 11 is 3.32. The van der Waals surface area contributed by atoms with E-state index in [1.165, 1.54) is 21.3 Å². The molecule has 0 aromatic heterocycles. The van der Waals surface area contributed by atoms with Crippen molar-refractivity contribution < 1.29 is 19.0 Å². The maximum atomic E-state index is 12.0. The van der Waals surface area contributed by atoms with Gasteiger partial charge in [0.15, 0.2) is 4.83 Å². The Morgan fingerprint density at radius 2 is 1.42 bits per heavy atom. The quantitative estimate of drug-likeness (QED) is 0.284. The molecule has 6 heteroatoms. The molecule has 1 atom stereocenters. The highest BCUT2D eigenvalue weighted by Crippen LogP contribution is 2.26. The zero-order valence-electron chi connectivity index (χ0n) is 15.0. The molecule has 0 heterocycles. The van der Waals surface area contributed by atoms with Crippen molar-refractivity contribution in [2.75, 3.05) is 27.9 Å². The van der Waals surface area contributed by atoms with Crippen molar-refractivity contribution in [1.82, 2.24) is 0 Å². The van der Waals surface area contributed by atoms with Crippen LogP contribution >= 0.6 is 15.9 Å². The summed E-state index contributed by atoms with van der Waals surface area (Å²) in [5.41, 5.74) is 2.71. The van der Waals surface area contributed by atoms with Crippen molar-refractivity contribution >= 4 is 27.6 Å². The SMILES string of the molecule is COC(=O)C(Br)C(CN=C(c1ccccc1)c1ccccc1)(OC)OC. The van der Waals surface area contributed by atoms with Crippen LogP contribution in [0.3, 0.4) is 0 Å². The van der Waals surface area contributed by atoms with Crippen molar-refractivity contribution in [2.45, 2.75) is 10.6 Å². The lowest BCUT2D eigenvalue weighted by Gasteiger charge is -2.32. The molecule has 0 aliphatic heterocycles. The molecule has 5 nitrogen and oxygen atoms in total. The topological polar surface area (TPSA) is 57.1 Å². The van der Waals surface area contributed by atoms with E-state index in [1.54, 1.807) is 0 Å². The zero-order chi connectivity index (χ0) is 19.0. The van der Waals surface area contributed by atoms with Crippen LogP contribution in [0.2, 0.25) is 0 Å². The Hall–Kier alpha value is -2.02. The molecule has 0 bridgehead atoms. The number of esters is 1. The van der Waals surface area contributed by atoms with Gasteiger partial charge in [-0.25, -0.2) is 0 Å². The summed E-state index contributed by atoms with van der Waals surface area (Å²) in [7, 11) is 4.26. The molecular weight excluding hydrogens is 398 g/mol. The van der Waals surface area contributed by atoms with Crippen LogP contribution < -0.4 is 0 Å². The van der Waals surface area contributed by atoms with Crippen LogP contribution in [0.15, 0.2) is 65.7 Å². The first-order valence-electron chi connectivity index (χ1n) is 8.05. The lowest BCUT2D eigenvalue weighted by molar-refractivity contribution is -0.204. The first kappa shape index (κ1) is 20.3. The summed E-state index contributed by atoms with van der Waals surface area (Å²) < 4.78 is 15.8. The van der Waals surface area contributed by atoms with Gasteiger partial charge in [0.05, 0.1) is 19.4 Å². The van der Waals surface area contributed by atoms with E-state index in [1.807, 2.05) is 60.7 Å². The number of carbonyl (C=O) groups is 1. The van der Waals surface area contributed by atoms with Crippen LogP contribution in [0.1, 0.15) is 11.1 Å². The summed E-state index contributed by atoms with van der Waals surface area (Å²) in [5, 5.41) is 0. The number of rotatable bonds is 8. The fourth-order valence-electron chi connectivity index (χ4n) is 2.51. The van der Waals surface area contributed by atoms with Crippen molar-refractivity contribution in [1.29, 1.82) is 0 Å². The minimum atomic E-state index is -1.29. The van der Waals surface area contributed by atoms with Gasteiger partial charge in [0.1, 0.15) is 0 Å². The second kappa shape index (κ2) is 9.62. The number of aliphatic imine (C=N–C) groups is 1. The molecule has 0 aliphatic rings. The maximum absolute atomic E-state index is 12.0. The molecule has 0 spiro atoms. The Kier molecular flexibility index (Phi) is 7.50. The average Bonchev–Trinajstić information content (AvgIpc) is 2.72. The van der Waals surface area contributed by atoms with Crippen molar-refractivity contribution in [3.8, 4) is 0 Å². The largest absolute Gasteiger partial charge is 0.468 e. The average molecular weight is 420 g/mol. The highest BCUT2D eigenvalue weighted by molar-refractivity contribution is 9.10. The normalized spacial score (nSPS) is 12.3. The van der Waals surface area contributed by atoms with Crippen molar-refractivity contribution in [3.05, 3.63) is 71.8 Å². The summed E-state index contributed by atoms with van der Waals surface area (Å²) in [6.07, 6.45) is 0. The first-order valence-corrected chi connectivity index (χ1v) is 8.97. The fraction of sp³-hybridized carbons (Fsp3) is 0.300. The molecule has 138 valence electrons. The van der Waals surface area contributed by atoms with E-state index >= 15 is 0 Å². The highest BCUT2D eigenvalue weighted by Gasteiger charge is 2.43. The van der Waals surface area contributed by atoms with E-state index in [2.05, 4.69) is 15.9 Å². The molecule has 0 saturated carbocycles. The van der Waals surface area contributed by atoms with E-state index in [4.69, 9.17) is 19.2 Å².